The third-order valence-corrected chi connectivity index (χ3v) is 2.36. The van der Waals surface area contributed by atoms with Crippen molar-refractivity contribution in [2.45, 2.75) is 40.5 Å². The van der Waals surface area contributed by atoms with Gasteiger partial charge in [0.1, 0.15) is 5.76 Å². The molecule has 4 nitrogen and oxygen atoms in total. The molecule has 4 heteroatoms. The monoisotopic (exact) mass is 224 g/mol. The van der Waals surface area contributed by atoms with E-state index < -0.39 is 0 Å². The van der Waals surface area contributed by atoms with Crippen LogP contribution in [0.5, 0.6) is 0 Å². The van der Waals surface area contributed by atoms with Crippen molar-refractivity contribution in [1.29, 1.82) is 0 Å². The molecule has 0 radical (unpaired) electrons. The Kier molecular flexibility index (Phi) is 4.52. The van der Waals surface area contributed by atoms with E-state index in [9.17, 15) is 4.79 Å². The van der Waals surface area contributed by atoms with E-state index in [2.05, 4.69) is 24.1 Å². The van der Waals surface area contributed by atoms with Crippen molar-refractivity contribution in [3.8, 4) is 0 Å². The van der Waals surface area contributed by atoms with Crippen LogP contribution in [0.2, 0.25) is 0 Å². The predicted molar refractivity (Wildman–Crippen MR) is 62.1 cm³/mol. The van der Waals surface area contributed by atoms with Gasteiger partial charge in [0.25, 0.3) is 0 Å². The summed E-state index contributed by atoms with van der Waals surface area (Å²) < 4.78 is 5.34. The highest BCUT2D eigenvalue weighted by molar-refractivity contribution is 5.78. The second-order valence-corrected chi connectivity index (χ2v) is 4.45. The third kappa shape index (κ3) is 4.04. The van der Waals surface area contributed by atoms with Crippen molar-refractivity contribution in [2.24, 2.45) is 5.92 Å². The average molecular weight is 224 g/mol. The molecule has 0 aliphatic rings. The molecule has 1 heterocycles. The highest BCUT2D eigenvalue weighted by Crippen LogP contribution is 2.09. The van der Waals surface area contributed by atoms with Crippen LogP contribution in [-0.2, 0) is 11.2 Å². The van der Waals surface area contributed by atoms with Crippen molar-refractivity contribution >= 4 is 5.91 Å². The Labute approximate surface area is 96.4 Å². The fourth-order valence-electron chi connectivity index (χ4n) is 1.45. The van der Waals surface area contributed by atoms with Gasteiger partial charge in [-0.15, -0.1) is 0 Å². The second kappa shape index (κ2) is 5.68. The summed E-state index contributed by atoms with van der Waals surface area (Å²) in [7, 11) is 0. The van der Waals surface area contributed by atoms with Gasteiger partial charge in [0.2, 0.25) is 5.91 Å². The molecule has 0 bridgehead atoms. The number of hydrogen-bond donors (Lipinski definition) is 1. The smallest absolute Gasteiger partial charge is 0.227 e. The lowest BCUT2D eigenvalue weighted by Gasteiger charge is -2.06. The van der Waals surface area contributed by atoms with Crippen molar-refractivity contribution in [3.05, 3.63) is 17.3 Å². The number of aryl methyl sites for hydroxylation is 2. The predicted octanol–water partition coefficient (Wildman–Crippen LogP) is 2.00. The van der Waals surface area contributed by atoms with Gasteiger partial charge in [-0.25, -0.2) is 4.98 Å². The maximum absolute atomic E-state index is 11.6. The summed E-state index contributed by atoms with van der Waals surface area (Å²) in [4.78, 5) is 15.7. The van der Waals surface area contributed by atoms with Crippen molar-refractivity contribution in [3.63, 3.8) is 0 Å². The zero-order valence-corrected chi connectivity index (χ0v) is 10.5. The molecule has 0 aliphatic heterocycles. The lowest BCUT2D eigenvalue weighted by Crippen LogP contribution is -2.26. The lowest BCUT2D eigenvalue weighted by molar-refractivity contribution is -0.120. The van der Waals surface area contributed by atoms with Crippen LogP contribution in [0.3, 0.4) is 0 Å². The molecule has 0 saturated heterocycles. The largest absolute Gasteiger partial charge is 0.445 e. The molecule has 1 rings (SSSR count). The molecule has 1 amide bonds. The van der Waals surface area contributed by atoms with E-state index in [0.717, 1.165) is 18.7 Å². The summed E-state index contributed by atoms with van der Waals surface area (Å²) in [5, 5.41) is 2.87. The number of carbonyl (C=O) groups is 1. The van der Waals surface area contributed by atoms with Gasteiger partial charge < -0.3 is 9.73 Å². The lowest BCUT2D eigenvalue weighted by atomic mass is 10.1. The summed E-state index contributed by atoms with van der Waals surface area (Å²) in [6, 6.07) is 0. The van der Waals surface area contributed by atoms with E-state index in [-0.39, 0.29) is 12.3 Å². The zero-order valence-electron chi connectivity index (χ0n) is 10.5. The first kappa shape index (κ1) is 12.7. The Morgan fingerprint density at radius 3 is 2.62 bits per heavy atom. The van der Waals surface area contributed by atoms with Crippen LogP contribution in [0.4, 0.5) is 0 Å². The first-order valence-corrected chi connectivity index (χ1v) is 5.68. The molecule has 1 aromatic heterocycles. The van der Waals surface area contributed by atoms with E-state index in [4.69, 9.17) is 4.42 Å². The van der Waals surface area contributed by atoms with Crippen LogP contribution < -0.4 is 5.32 Å². The van der Waals surface area contributed by atoms with Gasteiger partial charge in [-0.2, -0.15) is 0 Å². The first-order chi connectivity index (χ1) is 7.49. The fourth-order valence-corrected chi connectivity index (χ4v) is 1.45. The summed E-state index contributed by atoms with van der Waals surface area (Å²) >= 11 is 0. The van der Waals surface area contributed by atoms with Crippen LogP contribution in [0.25, 0.3) is 0 Å². The number of aromatic nitrogens is 1. The minimum atomic E-state index is -0.0000926. The molecule has 0 spiro atoms. The Balaban J connectivity index is 2.37. The maximum Gasteiger partial charge on any atom is 0.227 e. The number of amides is 1. The van der Waals surface area contributed by atoms with E-state index in [1.54, 1.807) is 6.92 Å². The Bertz CT molecular complexity index is 356. The van der Waals surface area contributed by atoms with E-state index in [1.165, 1.54) is 0 Å². The minimum Gasteiger partial charge on any atom is -0.445 e. The van der Waals surface area contributed by atoms with Gasteiger partial charge in [-0.3, -0.25) is 4.79 Å². The molecule has 0 aromatic carbocycles. The SMILES string of the molecule is Cc1nc(C)c(CC(=O)NCCC(C)C)o1. The second-order valence-electron chi connectivity index (χ2n) is 4.45. The number of rotatable bonds is 5. The van der Waals surface area contributed by atoms with Crippen LogP contribution in [0, 0.1) is 19.8 Å². The molecule has 0 unspecified atom stereocenters. The number of nitrogens with zero attached hydrogens (tertiary/aromatic N) is 1. The van der Waals surface area contributed by atoms with Crippen molar-refractivity contribution in [1.82, 2.24) is 10.3 Å². The molecule has 0 fully saturated rings. The quantitative estimate of drug-likeness (QED) is 0.832. The number of nitrogens with one attached hydrogen (secondary N) is 1. The maximum atomic E-state index is 11.6. The molecule has 0 atom stereocenters. The number of hydrogen-bond acceptors (Lipinski definition) is 3. The highest BCUT2D eigenvalue weighted by atomic mass is 16.4. The molecule has 0 aliphatic carbocycles. The average Bonchev–Trinajstić information content (AvgIpc) is 2.44. The molecule has 1 aromatic rings. The highest BCUT2D eigenvalue weighted by Gasteiger charge is 2.11. The van der Waals surface area contributed by atoms with Gasteiger partial charge in [0.15, 0.2) is 5.89 Å². The Morgan fingerprint density at radius 2 is 2.12 bits per heavy atom. The minimum absolute atomic E-state index is 0.0000926. The van der Waals surface area contributed by atoms with Crippen LogP contribution in [-0.4, -0.2) is 17.4 Å². The molecule has 90 valence electrons. The first-order valence-electron chi connectivity index (χ1n) is 5.68. The van der Waals surface area contributed by atoms with Crippen LogP contribution >= 0.6 is 0 Å². The van der Waals surface area contributed by atoms with Gasteiger partial charge in [-0.05, 0) is 19.3 Å². The van der Waals surface area contributed by atoms with Gasteiger partial charge in [0.05, 0.1) is 12.1 Å². The summed E-state index contributed by atoms with van der Waals surface area (Å²) in [5.74, 6) is 1.89. The Hall–Kier alpha value is -1.32. The topological polar surface area (TPSA) is 55.1 Å². The molecular weight excluding hydrogens is 204 g/mol. The molecule has 16 heavy (non-hydrogen) atoms. The summed E-state index contributed by atoms with van der Waals surface area (Å²) in [6.45, 7) is 8.63. The van der Waals surface area contributed by atoms with Crippen molar-refractivity contribution in [2.75, 3.05) is 6.54 Å². The zero-order chi connectivity index (χ0) is 12.1. The van der Waals surface area contributed by atoms with Gasteiger partial charge in [0, 0.05) is 13.5 Å². The standard InChI is InChI=1S/C12H20N2O2/c1-8(2)5-6-13-12(15)7-11-9(3)14-10(4)16-11/h8H,5-7H2,1-4H3,(H,13,15). The number of oxazole rings is 1. The van der Waals surface area contributed by atoms with Gasteiger partial charge >= 0.3 is 0 Å². The Morgan fingerprint density at radius 1 is 1.44 bits per heavy atom. The van der Waals surface area contributed by atoms with E-state index in [0.29, 0.717) is 17.6 Å². The molecule has 1 N–H and O–H groups in total. The number of carbonyl (C=O) groups excluding carboxylic acids is 1. The normalized spacial score (nSPS) is 10.8. The summed E-state index contributed by atoms with van der Waals surface area (Å²) in [6.07, 6.45) is 1.28. The molecule has 0 saturated carbocycles. The van der Waals surface area contributed by atoms with E-state index in [1.807, 2.05) is 6.92 Å². The summed E-state index contributed by atoms with van der Waals surface area (Å²) in [5.41, 5.74) is 0.802. The fraction of sp³-hybridized carbons (Fsp3) is 0.667. The van der Waals surface area contributed by atoms with Gasteiger partial charge in [-0.1, -0.05) is 13.8 Å². The third-order valence-electron chi connectivity index (χ3n) is 2.36. The van der Waals surface area contributed by atoms with E-state index >= 15 is 0 Å². The van der Waals surface area contributed by atoms with Crippen LogP contribution in [0.15, 0.2) is 4.42 Å². The van der Waals surface area contributed by atoms with Crippen molar-refractivity contribution < 1.29 is 9.21 Å². The molecular formula is C12H20N2O2. The van der Waals surface area contributed by atoms with Crippen LogP contribution in [0.1, 0.15) is 37.6 Å².